The van der Waals surface area contributed by atoms with Gasteiger partial charge in [-0.3, -0.25) is 19.4 Å². The summed E-state index contributed by atoms with van der Waals surface area (Å²) >= 11 is 0. The molecule has 131 heavy (non-hydrogen) atoms. The number of ketones is 1. The number of rotatable bonds is 42. The number of hydrogen-bond acceptors (Lipinski definition) is 15. The summed E-state index contributed by atoms with van der Waals surface area (Å²) in [6, 6.07) is 9.76. The van der Waals surface area contributed by atoms with Crippen LogP contribution < -0.4 is 53.2 Å². The predicted molar refractivity (Wildman–Crippen MR) is 593 cm³/mol. The maximum atomic E-state index is 11.9. The van der Waals surface area contributed by atoms with E-state index in [1.807, 2.05) is 27.7 Å². The number of hydrogen-bond donors (Lipinski definition) is 11. The molecular formula is C115H254N12O4. The highest BCUT2D eigenvalue weighted by Gasteiger charge is 2.45. The molecule has 0 aromatic heterocycles. The number of carbonyl (C=O) groups excluding carboxylic acids is 2. The third-order valence-electron chi connectivity index (χ3n) is 25.3. The molecule has 798 valence electrons. The van der Waals surface area contributed by atoms with Crippen molar-refractivity contribution in [1.82, 2.24) is 63.0 Å². The molecule has 16 heteroatoms. The monoisotopic (exact) mass is 1870 g/mol. The zero-order chi connectivity index (χ0) is 101. The van der Waals surface area contributed by atoms with Crippen molar-refractivity contribution in [2.45, 2.75) is 553 Å². The second kappa shape index (κ2) is 84.3. The minimum atomic E-state index is 0. The normalized spacial score (nSPS) is 20.2. The van der Waals surface area contributed by atoms with E-state index in [1.165, 1.54) is 83.7 Å². The number of carbonyl (C=O) groups is 2. The Morgan fingerprint density at radius 1 is 0.435 bits per heavy atom. The molecular weight excluding hydrogens is 1610 g/mol. The number of ether oxygens (including phenoxy) is 1. The van der Waals surface area contributed by atoms with Crippen molar-refractivity contribution in [3.63, 3.8) is 0 Å². The van der Waals surface area contributed by atoms with Gasteiger partial charge < -0.3 is 63.0 Å². The van der Waals surface area contributed by atoms with E-state index in [2.05, 4.69) is 381 Å². The van der Waals surface area contributed by atoms with E-state index in [4.69, 9.17) is 9.84 Å². The average molecular weight is 1870 g/mol. The Morgan fingerprint density at radius 3 is 1.21 bits per heavy atom. The highest BCUT2D eigenvalue weighted by atomic mass is 16.5. The number of morpholine rings is 1. The molecule has 4 saturated carbocycles. The Labute approximate surface area is 827 Å². The average Bonchev–Trinajstić information content (AvgIpc) is 1.64. The first-order valence-electron chi connectivity index (χ1n) is 54.7. The van der Waals surface area contributed by atoms with Crippen LogP contribution in [0.5, 0.6) is 0 Å². The topological polar surface area (TPSA) is 190 Å². The van der Waals surface area contributed by atoms with Crippen molar-refractivity contribution in [2.24, 2.45) is 112 Å². The van der Waals surface area contributed by atoms with Crippen LogP contribution in [0.4, 0.5) is 0 Å². The van der Waals surface area contributed by atoms with Crippen LogP contribution in [-0.2, 0) is 14.3 Å². The summed E-state index contributed by atoms with van der Waals surface area (Å²) < 4.78 is 5.39. The highest BCUT2D eigenvalue weighted by molar-refractivity contribution is 5.81. The second-order valence-corrected chi connectivity index (χ2v) is 48.3. The van der Waals surface area contributed by atoms with Gasteiger partial charge in [-0.05, 0) is 245 Å². The van der Waals surface area contributed by atoms with Gasteiger partial charge in [-0.2, -0.15) is 0 Å². The Balaban J connectivity index is -0.000000211. The molecule has 2 saturated heterocycles. The van der Waals surface area contributed by atoms with E-state index in [0.29, 0.717) is 101 Å². The van der Waals surface area contributed by atoms with E-state index in [0.717, 1.165) is 173 Å². The highest BCUT2D eigenvalue weighted by Crippen LogP contribution is 2.44. The van der Waals surface area contributed by atoms with Gasteiger partial charge in [-0.1, -0.05) is 333 Å². The Hall–Kier alpha value is -1.38. The van der Waals surface area contributed by atoms with E-state index in [9.17, 15) is 9.59 Å². The molecule has 0 spiro atoms. The molecule has 6 aliphatic rings. The molecule has 9 atom stereocenters. The molecule has 2 aliphatic heterocycles. The standard InChI is InChI=1S/C14H26O.C12H26N2O.C11H23N.C10H21N.2C9H19N.2C9H21N.C8H19NO.C8H19N.C7H15NO.C7H17N.2CH4/c1-10(2)9-14(15)13-7-5-12(6-8-13)11(3)4;1-10(2)12(9-13-11(3)4)14-5-7-15-8-6-14;1-9(2)11-7-5-6-8-12(11)10(3)4;1-7(2)10-5-9(10)6-11-8(3)4;1-7(2)9(5-6-9)10-8(3)4;1-6(2)8-5-9(8)10-7(3)4;1-7(2)9(5)6-10-8(3)4;1-7(2)6-9(5)10-8(3)4;1-6(2)8(5-10)9-7(3)4;1-7(2)5-6-9-8(3)4;1-5(2)7(9)8-6(3)4;1-6(2)5-8-7(3)4;;/h2*10-13H,5-9H2,1-4H3;9-11H,5-8H2,1-4H3;7-11H,5-6H2,1-4H3;7-8,10H,5-6H2,1-4H3;6-10H,5H2,1-4H3;2*7-10H,6H2,1-5H3;6-10H,5H2,1-4H3;7-9H,5-6H2,1-4H3;5-6H,1-4H3,(H,8,9);6-8H,5H2,1-4H3;2*1H4. The van der Waals surface area contributed by atoms with Gasteiger partial charge in [0.15, 0.2) is 0 Å². The molecule has 0 aromatic rings. The van der Waals surface area contributed by atoms with Gasteiger partial charge in [-0.15, -0.1) is 0 Å². The lowest BCUT2D eigenvalue weighted by molar-refractivity contribution is -0.125. The summed E-state index contributed by atoms with van der Waals surface area (Å²) in [6.45, 7) is 122. The Bertz CT molecular complexity index is 2380. The van der Waals surface area contributed by atoms with Crippen molar-refractivity contribution in [3.8, 4) is 0 Å². The zero-order valence-electron chi connectivity index (χ0n) is 97.0. The van der Waals surface area contributed by atoms with Crippen molar-refractivity contribution in [2.75, 3.05) is 72.2 Å². The minimum Gasteiger partial charge on any atom is -0.395 e. The fourth-order valence-corrected chi connectivity index (χ4v) is 16.4. The molecule has 9 unspecified atom stereocenters. The first kappa shape index (κ1) is 145. The van der Waals surface area contributed by atoms with Crippen LogP contribution in [0.15, 0.2) is 0 Å². The van der Waals surface area contributed by atoms with E-state index < -0.39 is 0 Å². The van der Waals surface area contributed by atoms with Crippen molar-refractivity contribution < 1.29 is 19.4 Å². The van der Waals surface area contributed by atoms with Gasteiger partial charge in [0, 0.05) is 140 Å². The van der Waals surface area contributed by atoms with Crippen LogP contribution >= 0.6 is 0 Å². The van der Waals surface area contributed by atoms with Crippen LogP contribution in [0.25, 0.3) is 0 Å². The van der Waals surface area contributed by atoms with Gasteiger partial charge in [0.25, 0.3) is 0 Å². The van der Waals surface area contributed by atoms with Crippen molar-refractivity contribution in [3.05, 3.63) is 0 Å². The largest absolute Gasteiger partial charge is 0.395 e. The third-order valence-corrected chi connectivity index (χ3v) is 25.3. The Morgan fingerprint density at radius 2 is 0.916 bits per heavy atom. The summed E-state index contributed by atoms with van der Waals surface area (Å²) in [4.78, 5) is 28.0. The fraction of sp³-hybridized carbons (Fsp3) is 0.983. The van der Waals surface area contributed by atoms with E-state index >= 15 is 0 Å². The van der Waals surface area contributed by atoms with E-state index in [1.54, 1.807) is 0 Å². The fourth-order valence-electron chi connectivity index (χ4n) is 16.4. The molecule has 11 N–H and O–H groups in total. The number of aliphatic hydroxyl groups is 1. The van der Waals surface area contributed by atoms with Gasteiger partial charge in [0.05, 0.1) is 19.8 Å². The van der Waals surface area contributed by atoms with Crippen LogP contribution in [0, 0.1) is 112 Å². The van der Waals surface area contributed by atoms with Gasteiger partial charge in [0.1, 0.15) is 5.78 Å². The summed E-state index contributed by atoms with van der Waals surface area (Å²) in [7, 11) is 0. The molecule has 0 radical (unpaired) electrons. The third kappa shape index (κ3) is 89.7. The number of aliphatic hydroxyl groups excluding tert-OH is 1. The number of piperidine rings is 1. The van der Waals surface area contributed by atoms with Crippen molar-refractivity contribution >= 4 is 11.7 Å². The van der Waals surface area contributed by atoms with Crippen LogP contribution in [0.2, 0.25) is 0 Å². The van der Waals surface area contributed by atoms with Crippen LogP contribution in [0.3, 0.4) is 0 Å². The lowest BCUT2D eigenvalue weighted by atomic mass is 9.75. The van der Waals surface area contributed by atoms with Gasteiger partial charge in [-0.25, -0.2) is 0 Å². The number of nitrogens with zero attached hydrogens (tertiary/aromatic N) is 2. The molecule has 0 bridgehead atoms. The molecule has 6 rings (SSSR count). The lowest BCUT2D eigenvalue weighted by Gasteiger charge is -2.40. The molecule has 1 amide bonds. The van der Waals surface area contributed by atoms with E-state index in [-0.39, 0.29) is 45.4 Å². The van der Waals surface area contributed by atoms with Crippen molar-refractivity contribution in [1.29, 1.82) is 0 Å². The smallest absolute Gasteiger partial charge is 0.222 e. The number of amides is 1. The predicted octanol–water partition coefficient (Wildman–Crippen LogP) is 26.6. The lowest BCUT2D eigenvalue weighted by Crippen LogP contribution is -2.51. The number of likely N-dealkylation sites (tertiary alicyclic amines) is 1. The Kier molecular flexibility index (Phi) is 93.3. The van der Waals surface area contributed by atoms with Gasteiger partial charge >= 0.3 is 0 Å². The summed E-state index contributed by atoms with van der Waals surface area (Å²) in [6.07, 6.45) is 18.1. The summed E-state index contributed by atoms with van der Waals surface area (Å²) in [5.41, 5.74) is 0.522. The first-order valence-corrected chi connectivity index (χ1v) is 54.7. The molecule has 16 nitrogen and oxygen atoms in total. The van der Waals surface area contributed by atoms with Gasteiger partial charge in [0.2, 0.25) is 5.91 Å². The maximum Gasteiger partial charge on any atom is 0.222 e. The summed E-state index contributed by atoms with van der Waals surface area (Å²) in [5, 5.41) is 42.8. The number of nitrogens with one attached hydrogen (secondary N) is 10. The van der Waals surface area contributed by atoms with Crippen LogP contribution in [-0.4, -0.2) is 201 Å². The SMILES string of the molecule is C.C.CC(C)C1CCCCN1C(C)C.CC(C)CC(=O)C1CCC(C(C)C)CC1.CC(C)CC(C)NC(C)C.CC(C)CCNC(C)C.CC(C)CNC(C)C.CC(C)NC(=O)C(C)C.CC(C)NC(CO)C(C)C.CC(C)NC1(C(C)C)CC1.CC(C)NC1CC1C(C)C.CC(C)NCC(C(C)C)N1CCOCC1.CC(C)NCC(C)C(C)C.CC(C)NCC1CC1C(C)C. The summed E-state index contributed by atoms with van der Waals surface area (Å²) in [5.74, 6) is 14.9. The molecule has 2 heterocycles. The zero-order valence-corrected chi connectivity index (χ0v) is 97.0. The molecule has 0 aromatic carbocycles. The first-order chi connectivity index (χ1) is 59.4. The second-order valence-electron chi connectivity index (χ2n) is 48.3. The molecule has 6 fully saturated rings. The van der Waals surface area contributed by atoms with Crippen LogP contribution in [0.1, 0.15) is 451 Å². The number of Topliss-reactive ketones (excluding diaryl/α,β-unsaturated/α-hetero) is 1. The minimum absolute atomic E-state index is 0. The molecule has 4 aliphatic carbocycles. The maximum absolute atomic E-state index is 11.9. The quantitative estimate of drug-likeness (QED) is 0.0277.